The lowest BCUT2D eigenvalue weighted by atomic mass is 9.94. The molecule has 0 bridgehead atoms. The number of benzene rings is 2. The Balaban J connectivity index is 1.79. The van der Waals surface area contributed by atoms with Crippen LogP contribution in [-0.4, -0.2) is 32.4 Å². The fraction of sp³-hybridized carbons (Fsp3) is 0.333. The van der Waals surface area contributed by atoms with Gasteiger partial charge in [0.1, 0.15) is 6.17 Å². The lowest BCUT2D eigenvalue weighted by molar-refractivity contribution is 0.170. The zero-order valence-electron chi connectivity index (χ0n) is 13.6. The van der Waals surface area contributed by atoms with E-state index in [1.807, 2.05) is 12.1 Å². The second kappa shape index (κ2) is 6.18. The maximum Gasteiger partial charge on any atom is 0.231 e. The number of anilines is 1. The number of ether oxygens (including phenoxy) is 3. The second-order valence-electron chi connectivity index (χ2n) is 6.00. The van der Waals surface area contributed by atoms with Gasteiger partial charge in [0.25, 0.3) is 0 Å². The molecule has 0 amide bonds. The van der Waals surface area contributed by atoms with Gasteiger partial charge in [-0.1, -0.05) is 22.0 Å². The highest BCUT2D eigenvalue weighted by Gasteiger charge is 2.33. The summed E-state index contributed by atoms with van der Waals surface area (Å²) in [5.74, 6) is 2.24. The molecule has 0 saturated heterocycles. The van der Waals surface area contributed by atoms with Crippen LogP contribution in [0, 0.1) is 0 Å². The first-order valence-electron chi connectivity index (χ1n) is 7.89. The fourth-order valence-electron chi connectivity index (χ4n) is 3.35. The van der Waals surface area contributed by atoms with Gasteiger partial charge >= 0.3 is 0 Å². The highest BCUT2D eigenvalue weighted by molar-refractivity contribution is 9.10. The maximum atomic E-state index is 5.71. The van der Waals surface area contributed by atoms with Crippen LogP contribution in [0.25, 0.3) is 0 Å². The standard InChI is InChI=1S/C18H19BrN2O3/c1-21-7-6-11-8-14-16(24-10-23-14)17(22-2)15(11)18(21)20-13-5-3-4-12(19)9-13/h3-5,8-9,18,20H,6-7,10H2,1-2H3/t18-/m1/s1. The smallest absolute Gasteiger partial charge is 0.231 e. The summed E-state index contributed by atoms with van der Waals surface area (Å²) in [6.07, 6.45) is 0.961. The first-order valence-corrected chi connectivity index (χ1v) is 8.68. The van der Waals surface area contributed by atoms with Crippen molar-refractivity contribution in [2.45, 2.75) is 12.6 Å². The molecule has 0 saturated carbocycles. The molecule has 4 rings (SSSR count). The van der Waals surface area contributed by atoms with Gasteiger partial charge in [0.2, 0.25) is 12.5 Å². The Morgan fingerprint density at radius 2 is 2.17 bits per heavy atom. The van der Waals surface area contributed by atoms with E-state index in [1.165, 1.54) is 5.56 Å². The molecule has 2 heterocycles. The van der Waals surface area contributed by atoms with E-state index in [0.717, 1.165) is 40.2 Å². The average Bonchev–Trinajstić information content (AvgIpc) is 3.04. The monoisotopic (exact) mass is 390 g/mol. The van der Waals surface area contributed by atoms with Gasteiger partial charge < -0.3 is 19.5 Å². The zero-order chi connectivity index (χ0) is 16.7. The molecular formula is C18H19BrN2O3. The van der Waals surface area contributed by atoms with Gasteiger partial charge in [-0.2, -0.15) is 0 Å². The molecule has 0 aliphatic carbocycles. The third-order valence-corrected chi connectivity index (χ3v) is 5.02. The third-order valence-electron chi connectivity index (χ3n) is 4.52. The van der Waals surface area contributed by atoms with E-state index in [1.54, 1.807) is 7.11 Å². The van der Waals surface area contributed by atoms with Gasteiger partial charge in [0.15, 0.2) is 11.5 Å². The zero-order valence-corrected chi connectivity index (χ0v) is 15.2. The lowest BCUT2D eigenvalue weighted by Gasteiger charge is -2.36. The van der Waals surface area contributed by atoms with E-state index >= 15 is 0 Å². The molecule has 0 spiro atoms. The summed E-state index contributed by atoms with van der Waals surface area (Å²) >= 11 is 3.53. The molecule has 6 heteroatoms. The largest absolute Gasteiger partial charge is 0.492 e. The van der Waals surface area contributed by atoms with Gasteiger partial charge in [0.05, 0.1) is 7.11 Å². The normalized spacial score (nSPS) is 19.0. The highest BCUT2D eigenvalue weighted by atomic mass is 79.9. The summed E-state index contributed by atoms with van der Waals surface area (Å²) in [4.78, 5) is 2.29. The topological polar surface area (TPSA) is 43.0 Å². The predicted octanol–water partition coefficient (Wildman–Crippen LogP) is 3.79. The van der Waals surface area contributed by atoms with Crippen molar-refractivity contribution in [3.05, 3.63) is 45.9 Å². The minimum Gasteiger partial charge on any atom is -0.492 e. The van der Waals surface area contributed by atoms with Crippen LogP contribution < -0.4 is 19.5 Å². The number of hydrogen-bond donors (Lipinski definition) is 1. The number of hydrogen-bond acceptors (Lipinski definition) is 5. The Labute approximate surface area is 149 Å². The quantitative estimate of drug-likeness (QED) is 0.863. The van der Waals surface area contributed by atoms with Crippen molar-refractivity contribution in [3.8, 4) is 17.2 Å². The molecule has 2 aliphatic heterocycles. The number of nitrogens with zero attached hydrogens (tertiary/aromatic N) is 1. The van der Waals surface area contributed by atoms with E-state index in [-0.39, 0.29) is 13.0 Å². The van der Waals surface area contributed by atoms with Gasteiger partial charge in [0, 0.05) is 22.3 Å². The summed E-state index contributed by atoms with van der Waals surface area (Å²) in [5, 5.41) is 3.61. The highest BCUT2D eigenvalue weighted by Crippen LogP contribution is 2.49. The molecule has 0 fully saturated rings. The first kappa shape index (κ1) is 15.6. The van der Waals surface area contributed by atoms with E-state index < -0.39 is 0 Å². The molecule has 1 atom stereocenters. The Morgan fingerprint density at radius 1 is 1.29 bits per heavy atom. The minimum absolute atomic E-state index is 0.00694. The van der Waals surface area contributed by atoms with Crippen LogP contribution in [0.5, 0.6) is 17.2 Å². The number of methoxy groups -OCH3 is 1. The van der Waals surface area contributed by atoms with Crippen LogP contribution in [0.2, 0.25) is 0 Å². The molecule has 0 aromatic heterocycles. The molecule has 0 radical (unpaired) electrons. The van der Waals surface area contributed by atoms with Gasteiger partial charge in [-0.3, -0.25) is 4.90 Å². The number of nitrogens with one attached hydrogen (secondary N) is 1. The molecule has 2 aromatic carbocycles. The molecular weight excluding hydrogens is 372 g/mol. The summed E-state index contributed by atoms with van der Waals surface area (Å²) in [6.45, 7) is 1.20. The SMILES string of the molecule is COc1c2c(cc3c1[C@H](Nc1cccc(Br)c1)N(C)CC3)OCO2. The van der Waals surface area contributed by atoms with Gasteiger partial charge in [-0.15, -0.1) is 0 Å². The Morgan fingerprint density at radius 3 is 2.96 bits per heavy atom. The van der Waals surface area contributed by atoms with Gasteiger partial charge in [-0.25, -0.2) is 0 Å². The van der Waals surface area contributed by atoms with Crippen molar-refractivity contribution in [2.24, 2.45) is 0 Å². The van der Waals surface area contributed by atoms with Crippen molar-refractivity contribution >= 4 is 21.6 Å². The molecule has 2 aliphatic rings. The number of rotatable bonds is 3. The predicted molar refractivity (Wildman–Crippen MR) is 96.0 cm³/mol. The van der Waals surface area contributed by atoms with Crippen molar-refractivity contribution in [2.75, 3.05) is 32.8 Å². The van der Waals surface area contributed by atoms with E-state index in [9.17, 15) is 0 Å². The minimum atomic E-state index is 0.00694. The van der Waals surface area contributed by atoms with Crippen LogP contribution in [0.1, 0.15) is 17.3 Å². The Hall–Kier alpha value is -1.92. The fourth-order valence-corrected chi connectivity index (χ4v) is 3.75. The summed E-state index contributed by atoms with van der Waals surface area (Å²) in [5.41, 5.74) is 3.41. The third kappa shape index (κ3) is 2.59. The van der Waals surface area contributed by atoms with Crippen LogP contribution in [-0.2, 0) is 6.42 Å². The van der Waals surface area contributed by atoms with Gasteiger partial charge in [-0.05, 0) is 43.3 Å². The summed E-state index contributed by atoms with van der Waals surface area (Å²) in [7, 11) is 3.80. The molecule has 2 aromatic rings. The van der Waals surface area contributed by atoms with Crippen LogP contribution in [0.3, 0.4) is 0 Å². The summed E-state index contributed by atoms with van der Waals surface area (Å²) < 4.78 is 18.0. The van der Waals surface area contributed by atoms with Crippen LogP contribution in [0.4, 0.5) is 5.69 Å². The van der Waals surface area contributed by atoms with Crippen molar-refractivity contribution in [1.82, 2.24) is 4.90 Å². The molecule has 0 unspecified atom stereocenters. The van der Waals surface area contributed by atoms with Crippen LogP contribution >= 0.6 is 15.9 Å². The molecule has 24 heavy (non-hydrogen) atoms. The maximum absolute atomic E-state index is 5.71. The van der Waals surface area contributed by atoms with E-state index in [4.69, 9.17) is 14.2 Å². The van der Waals surface area contributed by atoms with Crippen molar-refractivity contribution < 1.29 is 14.2 Å². The Bertz CT molecular complexity index is 781. The number of halogens is 1. The van der Waals surface area contributed by atoms with Crippen molar-refractivity contribution in [1.29, 1.82) is 0 Å². The second-order valence-corrected chi connectivity index (χ2v) is 6.92. The lowest BCUT2D eigenvalue weighted by Crippen LogP contribution is -2.37. The molecule has 1 N–H and O–H groups in total. The first-order chi connectivity index (χ1) is 11.7. The van der Waals surface area contributed by atoms with Crippen LogP contribution in [0.15, 0.2) is 34.8 Å². The Kier molecular flexibility index (Phi) is 4.02. The number of likely N-dealkylation sites (N-methyl/N-ethyl adjacent to an activating group) is 1. The number of fused-ring (bicyclic) bond motifs is 2. The van der Waals surface area contributed by atoms with Crippen molar-refractivity contribution in [3.63, 3.8) is 0 Å². The summed E-state index contributed by atoms with van der Waals surface area (Å²) in [6, 6.07) is 10.3. The van der Waals surface area contributed by atoms with E-state index in [2.05, 4.69) is 51.4 Å². The molecule has 126 valence electrons. The average molecular weight is 391 g/mol. The molecule has 5 nitrogen and oxygen atoms in total. The van der Waals surface area contributed by atoms with E-state index in [0.29, 0.717) is 5.75 Å².